The van der Waals surface area contributed by atoms with Gasteiger partial charge in [0, 0.05) is 10.3 Å². The molecule has 25 heavy (non-hydrogen) atoms. The zero-order valence-electron chi connectivity index (χ0n) is 14.1. The first kappa shape index (κ1) is 17.8. The molecular weight excluding hydrogens is 360 g/mol. The normalized spacial score (nSPS) is 11.2. The van der Waals surface area contributed by atoms with Crippen LogP contribution in [0.5, 0.6) is 0 Å². The van der Waals surface area contributed by atoms with Gasteiger partial charge in [-0.3, -0.25) is 9.59 Å². The number of pyridine rings is 2. The lowest BCUT2D eigenvalue weighted by atomic mass is 10.1. The van der Waals surface area contributed by atoms with Crippen molar-refractivity contribution in [1.82, 2.24) is 9.55 Å². The summed E-state index contributed by atoms with van der Waals surface area (Å²) in [6.07, 6.45) is 1.94. The van der Waals surface area contributed by atoms with Crippen molar-refractivity contribution in [3.8, 4) is 0 Å². The topological polar surface area (TPSA) is 61.2 Å². The third-order valence-corrected chi connectivity index (χ3v) is 5.12. The zero-order valence-corrected chi connectivity index (χ0v) is 15.7. The van der Waals surface area contributed by atoms with E-state index in [0.29, 0.717) is 21.9 Å². The number of esters is 1. The molecule has 0 aliphatic rings. The molecule has 1 aromatic carbocycles. The molecule has 0 amide bonds. The summed E-state index contributed by atoms with van der Waals surface area (Å²) < 4.78 is 6.83. The number of rotatable bonds is 4. The molecule has 0 spiro atoms. The smallest absolute Gasteiger partial charge is 0.326 e. The first-order valence-electron chi connectivity index (χ1n) is 7.80. The molecule has 3 aromatic rings. The molecular formula is C18H17ClN2O3S. The second-order valence-corrected chi connectivity index (χ2v) is 6.74. The van der Waals surface area contributed by atoms with Crippen molar-refractivity contribution in [1.29, 1.82) is 0 Å². The summed E-state index contributed by atoms with van der Waals surface area (Å²) >= 11 is 7.58. The summed E-state index contributed by atoms with van der Waals surface area (Å²) in [5.74, 6) is -0.385. The summed E-state index contributed by atoms with van der Waals surface area (Å²) in [6, 6.07) is 6.93. The second-order valence-electron chi connectivity index (χ2n) is 5.54. The molecule has 0 aliphatic heterocycles. The number of aromatic nitrogens is 2. The Morgan fingerprint density at radius 1 is 1.28 bits per heavy atom. The molecule has 0 atom stereocenters. The van der Waals surface area contributed by atoms with Gasteiger partial charge in [-0.25, -0.2) is 4.98 Å². The molecule has 130 valence electrons. The molecule has 0 fully saturated rings. The molecule has 0 N–H and O–H groups in total. The van der Waals surface area contributed by atoms with Crippen molar-refractivity contribution in [3.63, 3.8) is 0 Å². The highest BCUT2D eigenvalue weighted by molar-refractivity contribution is 7.98. The monoisotopic (exact) mass is 376 g/mol. The Morgan fingerprint density at radius 2 is 2.00 bits per heavy atom. The van der Waals surface area contributed by atoms with E-state index in [2.05, 4.69) is 4.98 Å². The summed E-state index contributed by atoms with van der Waals surface area (Å²) in [5.41, 5.74) is 1.98. The third-order valence-electron chi connectivity index (χ3n) is 3.98. The lowest BCUT2D eigenvalue weighted by Crippen LogP contribution is -2.19. The highest BCUT2D eigenvalue weighted by atomic mass is 35.5. The largest absolute Gasteiger partial charge is 0.465 e. The van der Waals surface area contributed by atoms with Crippen LogP contribution < -0.4 is 5.43 Å². The number of thioether (sulfide) groups is 1. The molecule has 7 heteroatoms. The van der Waals surface area contributed by atoms with E-state index in [-0.39, 0.29) is 29.7 Å². The lowest BCUT2D eigenvalue weighted by Gasteiger charge is -2.17. The number of nitrogens with zero attached hydrogens (tertiary/aromatic N) is 2. The van der Waals surface area contributed by atoms with Gasteiger partial charge in [-0.15, -0.1) is 11.8 Å². The Hall–Kier alpha value is -2.05. The van der Waals surface area contributed by atoms with Crippen molar-refractivity contribution >= 4 is 51.3 Å². The van der Waals surface area contributed by atoms with Crippen LogP contribution in [-0.2, 0) is 16.1 Å². The van der Waals surface area contributed by atoms with Crippen molar-refractivity contribution in [2.24, 2.45) is 0 Å². The number of fused-ring (bicyclic) bond motifs is 2. The van der Waals surface area contributed by atoms with E-state index in [1.54, 1.807) is 29.7 Å². The molecule has 2 heterocycles. The van der Waals surface area contributed by atoms with Gasteiger partial charge < -0.3 is 9.30 Å². The first-order chi connectivity index (χ1) is 12.0. The Labute approximate surface area is 153 Å². The van der Waals surface area contributed by atoms with Gasteiger partial charge in [-0.2, -0.15) is 0 Å². The molecule has 0 saturated carbocycles. The van der Waals surface area contributed by atoms with Crippen LogP contribution in [0.2, 0.25) is 5.15 Å². The number of aryl methyl sites for hydroxylation is 1. The Balaban J connectivity index is 2.49. The summed E-state index contributed by atoms with van der Waals surface area (Å²) in [7, 11) is 0. The van der Waals surface area contributed by atoms with Crippen LogP contribution in [0.1, 0.15) is 12.5 Å². The lowest BCUT2D eigenvalue weighted by molar-refractivity contribution is -0.143. The van der Waals surface area contributed by atoms with Crippen LogP contribution >= 0.6 is 23.4 Å². The van der Waals surface area contributed by atoms with Gasteiger partial charge in [0.1, 0.15) is 17.3 Å². The van der Waals surface area contributed by atoms with E-state index in [1.165, 1.54) is 11.8 Å². The zero-order chi connectivity index (χ0) is 18.1. The maximum atomic E-state index is 12.9. The van der Waals surface area contributed by atoms with Gasteiger partial charge in [0.2, 0.25) is 0 Å². The predicted octanol–water partition coefficient (Wildman–Crippen LogP) is 3.80. The van der Waals surface area contributed by atoms with Crippen LogP contribution in [0.25, 0.3) is 21.9 Å². The molecule has 2 aromatic heterocycles. The van der Waals surface area contributed by atoms with Crippen molar-refractivity contribution < 1.29 is 9.53 Å². The minimum absolute atomic E-state index is 0.0362. The fraction of sp³-hybridized carbons (Fsp3) is 0.278. The number of benzene rings is 1. The summed E-state index contributed by atoms with van der Waals surface area (Å²) in [4.78, 5) is 30.3. The molecule has 5 nitrogen and oxygen atoms in total. The van der Waals surface area contributed by atoms with E-state index in [1.807, 2.05) is 19.2 Å². The van der Waals surface area contributed by atoms with Gasteiger partial charge in [-0.05, 0) is 43.9 Å². The highest BCUT2D eigenvalue weighted by Crippen LogP contribution is 2.31. The maximum Gasteiger partial charge on any atom is 0.326 e. The van der Waals surface area contributed by atoms with Crippen LogP contribution in [-0.4, -0.2) is 28.4 Å². The molecule has 0 bridgehead atoms. The van der Waals surface area contributed by atoms with E-state index >= 15 is 0 Å². The van der Waals surface area contributed by atoms with Crippen LogP contribution in [0, 0.1) is 6.92 Å². The number of carbonyl (C=O) groups is 1. The van der Waals surface area contributed by atoms with E-state index in [0.717, 1.165) is 10.5 Å². The number of hydrogen-bond acceptors (Lipinski definition) is 5. The number of hydrogen-bond donors (Lipinski definition) is 0. The van der Waals surface area contributed by atoms with E-state index in [4.69, 9.17) is 16.3 Å². The van der Waals surface area contributed by atoms with Gasteiger partial charge in [-0.1, -0.05) is 17.7 Å². The molecule has 0 saturated heterocycles. The van der Waals surface area contributed by atoms with Crippen LogP contribution in [0.3, 0.4) is 0 Å². The molecule has 0 radical (unpaired) electrons. The third kappa shape index (κ3) is 3.12. The Bertz CT molecular complexity index is 1050. The standard InChI is InChI=1S/C18H17ClN2O3S/c1-4-24-14(22)9-21-15-11(6-5-10(2)17(15)25-3)16(23)12-7-8-13(19)20-18(12)21/h5-8H,4,9H2,1-3H3. The average molecular weight is 377 g/mol. The Kier molecular flexibility index (Phi) is 5.01. The quantitative estimate of drug-likeness (QED) is 0.300. The van der Waals surface area contributed by atoms with Crippen molar-refractivity contribution in [3.05, 3.63) is 45.2 Å². The molecule has 0 aliphatic carbocycles. The van der Waals surface area contributed by atoms with Crippen molar-refractivity contribution in [2.45, 2.75) is 25.3 Å². The van der Waals surface area contributed by atoms with Gasteiger partial charge >= 0.3 is 5.97 Å². The molecule has 3 rings (SSSR count). The SMILES string of the molecule is CCOC(=O)Cn1c2nc(Cl)ccc2c(=O)c2ccc(C)c(SC)c21. The van der Waals surface area contributed by atoms with Crippen LogP contribution in [0.15, 0.2) is 34.0 Å². The van der Waals surface area contributed by atoms with Crippen LogP contribution in [0.4, 0.5) is 0 Å². The summed E-state index contributed by atoms with van der Waals surface area (Å²) in [6.45, 7) is 3.98. The molecule has 0 unspecified atom stereocenters. The number of halogens is 1. The second kappa shape index (κ2) is 7.06. The minimum Gasteiger partial charge on any atom is -0.465 e. The number of carbonyl (C=O) groups excluding carboxylic acids is 1. The number of ether oxygens (including phenoxy) is 1. The predicted molar refractivity (Wildman–Crippen MR) is 102 cm³/mol. The maximum absolute atomic E-state index is 12.9. The van der Waals surface area contributed by atoms with Gasteiger partial charge in [0.05, 0.1) is 17.5 Å². The fourth-order valence-corrected chi connectivity index (χ4v) is 3.88. The average Bonchev–Trinajstić information content (AvgIpc) is 2.58. The van der Waals surface area contributed by atoms with Crippen molar-refractivity contribution in [2.75, 3.05) is 12.9 Å². The fourth-order valence-electron chi connectivity index (χ4n) is 2.93. The minimum atomic E-state index is -0.385. The van der Waals surface area contributed by atoms with E-state index < -0.39 is 0 Å². The highest BCUT2D eigenvalue weighted by Gasteiger charge is 2.18. The summed E-state index contributed by atoms with van der Waals surface area (Å²) in [5, 5.41) is 1.25. The first-order valence-corrected chi connectivity index (χ1v) is 9.40. The Morgan fingerprint density at radius 3 is 2.68 bits per heavy atom. The van der Waals surface area contributed by atoms with E-state index in [9.17, 15) is 9.59 Å². The van der Waals surface area contributed by atoms with Gasteiger partial charge in [0.15, 0.2) is 5.43 Å². The van der Waals surface area contributed by atoms with Gasteiger partial charge in [0.25, 0.3) is 0 Å².